The Morgan fingerprint density at radius 2 is 1.76 bits per heavy atom. The molecule has 0 bridgehead atoms. The summed E-state index contributed by atoms with van der Waals surface area (Å²) in [5.74, 6) is 0.369. The minimum atomic E-state index is -3.61. The molecule has 2 aromatic heterocycles. The fourth-order valence-corrected chi connectivity index (χ4v) is 4.88. The lowest BCUT2D eigenvalue weighted by molar-refractivity contribution is 0.356. The standard InChI is InChI=1S/C26H28Cl2N6O3S/c1-26(2,3)34-16-20(24(33-34)17-5-10-21(28)23(35)15-17)22-11-14-30-25(32-22)29-12-4-13-31-38(36,37)19-8-6-18(27)7-9-19/h5-11,14-16,31,35H,4,12-13H2,1-3H3,(H,29,30,32). The van der Waals surface area contributed by atoms with Crippen molar-refractivity contribution in [2.45, 2.75) is 37.6 Å². The van der Waals surface area contributed by atoms with Crippen LogP contribution in [0, 0.1) is 0 Å². The molecule has 0 aliphatic heterocycles. The zero-order valence-corrected chi connectivity index (χ0v) is 23.4. The molecule has 12 heteroatoms. The molecule has 0 saturated heterocycles. The summed E-state index contributed by atoms with van der Waals surface area (Å²) < 4.78 is 29.2. The third-order valence-electron chi connectivity index (χ3n) is 5.61. The molecule has 4 rings (SSSR count). The Kier molecular flexibility index (Phi) is 8.27. The normalized spacial score (nSPS) is 12.0. The van der Waals surface area contributed by atoms with Crippen LogP contribution in [0.2, 0.25) is 10.0 Å². The number of phenolic OH excluding ortho intramolecular Hbond substituents is 1. The Morgan fingerprint density at radius 1 is 1.03 bits per heavy atom. The SMILES string of the molecule is CC(C)(C)n1cc(-c2ccnc(NCCCNS(=O)(=O)c3ccc(Cl)cc3)n2)c(-c2ccc(Cl)c(O)c2)n1. The van der Waals surface area contributed by atoms with Gasteiger partial charge in [0.05, 0.1) is 21.2 Å². The first-order valence-corrected chi connectivity index (χ1v) is 14.1. The van der Waals surface area contributed by atoms with E-state index in [4.69, 9.17) is 28.3 Å². The van der Waals surface area contributed by atoms with Crippen LogP contribution in [0.3, 0.4) is 0 Å². The molecule has 0 spiro atoms. The first-order valence-electron chi connectivity index (χ1n) is 11.9. The zero-order chi connectivity index (χ0) is 27.5. The molecule has 3 N–H and O–H groups in total. The van der Waals surface area contributed by atoms with Gasteiger partial charge in [0.25, 0.3) is 0 Å². The van der Waals surface area contributed by atoms with Crippen molar-refractivity contribution < 1.29 is 13.5 Å². The molecular formula is C26H28Cl2N6O3S. The molecule has 2 heterocycles. The average molecular weight is 576 g/mol. The van der Waals surface area contributed by atoms with Crippen LogP contribution >= 0.6 is 23.2 Å². The Morgan fingerprint density at radius 3 is 2.45 bits per heavy atom. The molecule has 0 aliphatic carbocycles. The number of rotatable bonds is 9. The van der Waals surface area contributed by atoms with E-state index in [0.29, 0.717) is 40.9 Å². The monoisotopic (exact) mass is 574 g/mol. The van der Waals surface area contributed by atoms with Crippen molar-refractivity contribution in [2.24, 2.45) is 0 Å². The molecule has 200 valence electrons. The predicted molar refractivity (Wildman–Crippen MR) is 150 cm³/mol. The van der Waals surface area contributed by atoms with Gasteiger partial charge in [-0.05, 0) is 69.7 Å². The molecule has 0 atom stereocenters. The summed E-state index contributed by atoms with van der Waals surface area (Å²) >= 11 is 11.8. The summed E-state index contributed by atoms with van der Waals surface area (Å²) in [7, 11) is -3.61. The number of aromatic hydroxyl groups is 1. The van der Waals surface area contributed by atoms with Crippen molar-refractivity contribution in [1.82, 2.24) is 24.5 Å². The second kappa shape index (κ2) is 11.3. The number of nitrogens with zero attached hydrogens (tertiary/aromatic N) is 4. The second-order valence-corrected chi connectivity index (χ2v) is 12.2. The molecule has 0 aliphatic rings. The molecule has 0 unspecified atom stereocenters. The van der Waals surface area contributed by atoms with Crippen LogP contribution in [0.25, 0.3) is 22.5 Å². The van der Waals surface area contributed by atoms with Crippen LogP contribution in [-0.4, -0.2) is 46.4 Å². The van der Waals surface area contributed by atoms with Crippen molar-refractivity contribution in [2.75, 3.05) is 18.4 Å². The van der Waals surface area contributed by atoms with E-state index in [2.05, 4.69) is 20.0 Å². The lowest BCUT2D eigenvalue weighted by Gasteiger charge is -2.18. The minimum absolute atomic E-state index is 0.0304. The van der Waals surface area contributed by atoms with E-state index in [-0.39, 0.29) is 27.8 Å². The van der Waals surface area contributed by atoms with Gasteiger partial charge >= 0.3 is 0 Å². The molecule has 9 nitrogen and oxygen atoms in total. The number of benzene rings is 2. The van der Waals surface area contributed by atoms with E-state index < -0.39 is 10.0 Å². The highest BCUT2D eigenvalue weighted by molar-refractivity contribution is 7.89. The smallest absolute Gasteiger partial charge is 0.240 e. The maximum Gasteiger partial charge on any atom is 0.240 e. The first-order chi connectivity index (χ1) is 17.9. The van der Waals surface area contributed by atoms with Gasteiger partial charge in [-0.15, -0.1) is 0 Å². The van der Waals surface area contributed by atoms with Crippen LogP contribution in [0.1, 0.15) is 27.2 Å². The van der Waals surface area contributed by atoms with Crippen LogP contribution in [0.4, 0.5) is 5.95 Å². The van der Waals surface area contributed by atoms with Gasteiger partial charge in [-0.2, -0.15) is 5.10 Å². The van der Waals surface area contributed by atoms with Crippen molar-refractivity contribution in [3.8, 4) is 28.3 Å². The van der Waals surface area contributed by atoms with Gasteiger partial charge in [-0.3, -0.25) is 4.68 Å². The molecule has 0 saturated carbocycles. The summed E-state index contributed by atoms with van der Waals surface area (Å²) in [6.07, 6.45) is 4.07. The highest BCUT2D eigenvalue weighted by Crippen LogP contribution is 2.35. The summed E-state index contributed by atoms with van der Waals surface area (Å²) in [6, 6.07) is 12.8. The Hall–Kier alpha value is -3.18. The topological polar surface area (TPSA) is 122 Å². The fourth-order valence-electron chi connectivity index (χ4n) is 3.56. The van der Waals surface area contributed by atoms with Gasteiger partial charge in [-0.1, -0.05) is 29.3 Å². The number of halogens is 2. The van der Waals surface area contributed by atoms with Crippen molar-refractivity contribution in [3.05, 3.63) is 71.0 Å². The van der Waals surface area contributed by atoms with Gasteiger partial charge in [0.1, 0.15) is 11.4 Å². The van der Waals surface area contributed by atoms with Crippen molar-refractivity contribution in [1.29, 1.82) is 0 Å². The van der Waals surface area contributed by atoms with E-state index in [0.717, 1.165) is 5.56 Å². The second-order valence-electron chi connectivity index (χ2n) is 9.57. The predicted octanol–water partition coefficient (Wildman–Crippen LogP) is 5.56. The van der Waals surface area contributed by atoms with Gasteiger partial charge in [-0.25, -0.2) is 23.1 Å². The molecule has 0 amide bonds. The van der Waals surface area contributed by atoms with Gasteiger partial charge in [0.15, 0.2) is 0 Å². The lowest BCUT2D eigenvalue weighted by atomic mass is 10.1. The number of nitrogens with one attached hydrogen (secondary N) is 2. The number of sulfonamides is 1. The quantitative estimate of drug-likeness (QED) is 0.224. The summed E-state index contributed by atoms with van der Waals surface area (Å²) in [5.41, 5.74) is 2.47. The summed E-state index contributed by atoms with van der Waals surface area (Å²) in [4.78, 5) is 9.10. The van der Waals surface area contributed by atoms with E-state index in [1.165, 1.54) is 24.3 Å². The molecule has 4 aromatic rings. The largest absolute Gasteiger partial charge is 0.506 e. The van der Waals surface area contributed by atoms with Crippen LogP contribution in [0.5, 0.6) is 5.75 Å². The number of aromatic nitrogens is 4. The van der Waals surface area contributed by atoms with E-state index in [1.54, 1.807) is 30.5 Å². The van der Waals surface area contributed by atoms with Gasteiger partial charge < -0.3 is 10.4 Å². The summed E-state index contributed by atoms with van der Waals surface area (Å²) in [5, 5.41) is 18.8. The maximum atomic E-state index is 12.4. The average Bonchev–Trinajstić information content (AvgIpc) is 3.32. The van der Waals surface area contributed by atoms with Crippen LogP contribution in [0.15, 0.2) is 65.8 Å². The first kappa shape index (κ1) is 27.8. The number of hydrogen-bond acceptors (Lipinski definition) is 7. The maximum absolute atomic E-state index is 12.4. The fraction of sp³-hybridized carbons (Fsp3) is 0.269. The number of hydrogen-bond donors (Lipinski definition) is 3. The molecule has 0 radical (unpaired) electrons. The Labute approximate surface area is 231 Å². The summed E-state index contributed by atoms with van der Waals surface area (Å²) in [6.45, 7) is 6.81. The highest BCUT2D eigenvalue weighted by Gasteiger charge is 2.21. The number of phenols is 1. The molecule has 0 fully saturated rings. The Bertz CT molecular complexity index is 1530. The molecule has 2 aromatic carbocycles. The van der Waals surface area contributed by atoms with Gasteiger partial charge in [0, 0.05) is 41.6 Å². The highest BCUT2D eigenvalue weighted by atomic mass is 35.5. The van der Waals surface area contributed by atoms with E-state index in [9.17, 15) is 13.5 Å². The van der Waals surface area contributed by atoms with Gasteiger partial charge in [0.2, 0.25) is 16.0 Å². The van der Waals surface area contributed by atoms with Crippen LogP contribution < -0.4 is 10.0 Å². The van der Waals surface area contributed by atoms with Crippen molar-refractivity contribution >= 4 is 39.2 Å². The Balaban J connectivity index is 1.47. The molecule has 38 heavy (non-hydrogen) atoms. The van der Waals surface area contributed by atoms with E-state index in [1.807, 2.05) is 31.6 Å². The van der Waals surface area contributed by atoms with E-state index >= 15 is 0 Å². The lowest BCUT2D eigenvalue weighted by Crippen LogP contribution is -2.26. The van der Waals surface area contributed by atoms with Crippen molar-refractivity contribution in [3.63, 3.8) is 0 Å². The third-order valence-corrected chi connectivity index (χ3v) is 7.65. The zero-order valence-electron chi connectivity index (χ0n) is 21.1. The molecular weight excluding hydrogens is 547 g/mol. The third kappa shape index (κ3) is 6.63. The van der Waals surface area contributed by atoms with Crippen LogP contribution in [-0.2, 0) is 15.6 Å². The number of anilines is 1. The minimum Gasteiger partial charge on any atom is -0.506 e.